The number of rotatable bonds is 7. The standard InChI is InChI=1S/C26H23F4N3O3S/c1-16(2)37(35,36)33-15-22(21-5-3-4-6-24(21)33)25(34,26(28,29)30)18-7-12-23(17(13-18)14-31)32-20-10-8-19(27)9-11-20/h3-16,31-32,34H,1-2H3/p+1. The Labute approximate surface area is 210 Å². The number of nitrogens with zero attached hydrogens (tertiary/aromatic N) is 1. The molecule has 0 aliphatic rings. The number of nitrogens with two attached hydrogens (primary N) is 1. The molecule has 4 aromatic rings. The van der Waals surface area contributed by atoms with Crippen molar-refractivity contribution in [2.24, 2.45) is 0 Å². The van der Waals surface area contributed by atoms with Crippen LogP contribution in [0.25, 0.3) is 10.9 Å². The number of aromatic nitrogens is 1. The Balaban J connectivity index is 1.93. The minimum atomic E-state index is -5.25. The van der Waals surface area contributed by atoms with Gasteiger partial charge in [-0.3, -0.25) is 5.32 Å². The first-order valence-electron chi connectivity index (χ1n) is 11.2. The molecule has 0 bridgehead atoms. The normalized spacial score (nSPS) is 14.2. The van der Waals surface area contributed by atoms with E-state index in [0.29, 0.717) is 11.4 Å². The Bertz CT molecular complexity index is 1580. The third-order valence-corrected chi connectivity index (χ3v) is 8.24. The van der Waals surface area contributed by atoms with Crippen molar-refractivity contribution in [3.05, 3.63) is 95.4 Å². The van der Waals surface area contributed by atoms with E-state index in [1.807, 2.05) is 0 Å². The molecule has 0 spiro atoms. The Morgan fingerprint density at radius 1 is 1.03 bits per heavy atom. The summed E-state index contributed by atoms with van der Waals surface area (Å²) in [4.78, 5) is 0. The van der Waals surface area contributed by atoms with Crippen LogP contribution in [0.15, 0.2) is 72.9 Å². The maximum absolute atomic E-state index is 14.7. The summed E-state index contributed by atoms with van der Waals surface area (Å²) in [5.74, 6) is -0.450. The fraction of sp³-hybridized carbons (Fsp3) is 0.192. The van der Waals surface area contributed by atoms with E-state index in [0.717, 1.165) is 28.5 Å². The molecule has 0 fully saturated rings. The Kier molecular flexibility index (Phi) is 6.74. The largest absolute Gasteiger partial charge is 0.425 e. The lowest BCUT2D eigenvalue weighted by atomic mass is 9.84. The molecule has 4 rings (SSSR count). The molecule has 37 heavy (non-hydrogen) atoms. The predicted octanol–water partition coefficient (Wildman–Crippen LogP) is 4.69. The number of alkyl halides is 3. The molecular weight excluding hydrogens is 510 g/mol. The van der Waals surface area contributed by atoms with Crippen molar-refractivity contribution in [2.75, 3.05) is 0 Å². The molecule has 1 aromatic heterocycles. The van der Waals surface area contributed by atoms with Crippen molar-refractivity contribution in [3.8, 4) is 0 Å². The van der Waals surface area contributed by atoms with Gasteiger partial charge >= 0.3 is 6.18 Å². The fourth-order valence-electron chi connectivity index (χ4n) is 4.14. The van der Waals surface area contributed by atoms with E-state index in [2.05, 4.69) is 0 Å². The number of halogens is 4. The summed E-state index contributed by atoms with van der Waals surface area (Å²) in [5, 5.41) is 19.7. The van der Waals surface area contributed by atoms with Crippen molar-refractivity contribution in [3.63, 3.8) is 0 Å². The predicted molar refractivity (Wildman–Crippen MR) is 132 cm³/mol. The Morgan fingerprint density at radius 3 is 2.27 bits per heavy atom. The van der Waals surface area contributed by atoms with E-state index in [9.17, 15) is 31.1 Å². The maximum Gasteiger partial charge on any atom is 0.425 e. The summed E-state index contributed by atoms with van der Waals surface area (Å²) < 4.78 is 84.0. The molecule has 3 aromatic carbocycles. The van der Waals surface area contributed by atoms with Gasteiger partial charge in [0.15, 0.2) is 0 Å². The average molecular weight is 535 g/mol. The number of hydrogen-bond donors (Lipinski definition) is 3. The number of para-hydroxylation sites is 1. The van der Waals surface area contributed by atoms with Gasteiger partial charge in [-0.25, -0.2) is 16.8 Å². The second kappa shape index (κ2) is 9.40. The molecule has 1 unspecified atom stereocenters. The van der Waals surface area contributed by atoms with Crippen molar-refractivity contribution in [1.29, 1.82) is 5.41 Å². The van der Waals surface area contributed by atoms with Gasteiger partial charge in [-0.2, -0.15) is 13.2 Å². The maximum atomic E-state index is 14.7. The van der Waals surface area contributed by atoms with E-state index < -0.39 is 44.0 Å². The van der Waals surface area contributed by atoms with Crippen LogP contribution >= 0.6 is 0 Å². The number of quaternary nitrogens is 1. The smallest absolute Gasteiger partial charge is 0.372 e. The van der Waals surface area contributed by atoms with Gasteiger partial charge in [-0.1, -0.05) is 18.2 Å². The molecule has 0 radical (unpaired) electrons. The summed E-state index contributed by atoms with van der Waals surface area (Å²) in [6, 6.07) is 14.5. The van der Waals surface area contributed by atoms with Gasteiger partial charge in [0.05, 0.1) is 16.3 Å². The summed E-state index contributed by atoms with van der Waals surface area (Å²) in [7, 11) is -4.06. The highest BCUT2D eigenvalue weighted by Gasteiger charge is 2.58. The number of benzene rings is 3. The van der Waals surface area contributed by atoms with Gasteiger partial charge < -0.3 is 10.5 Å². The minimum absolute atomic E-state index is 0.00224. The first-order chi connectivity index (χ1) is 17.3. The van der Waals surface area contributed by atoms with Crippen LogP contribution in [0.2, 0.25) is 0 Å². The molecule has 4 N–H and O–H groups in total. The van der Waals surface area contributed by atoms with Crippen LogP contribution in [0.1, 0.15) is 30.5 Å². The Morgan fingerprint density at radius 2 is 1.68 bits per heavy atom. The Hall–Kier alpha value is -3.54. The lowest BCUT2D eigenvalue weighted by Crippen LogP contribution is -2.71. The molecule has 194 valence electrons. The lowest BCUT2D eigenvalue weighted by Gasteiger charge is -2.31. The molecular formula is C26H24F4N3O3S+. The number of aliphatic hydroxyl groups is 1. The van der Waals surface area contributed by atoms with Gasteiger partial charge in [-0.05, 0) is 49.7 Å². The van der Waals surface area contributed by atoms with Crippen LogP contribution in [0.5, 0.6) is 0 Å². The van der Waals surface area contributed by atoms with Crippen LogP contribution in [0.3, 0.4) is 0 Å². The monoisotopic (exact) mass is 534 g/mol. The van der Waals surface area contributed by atoms with Gasteiger partial charge in [-0.15, -0.1) is 0 Å². The molecule has 0 saturated heterocycles. The van der Waals surface area contributed by atoms with Crippen molar-refractivity contribution in [1.82, 2.24) is 3.97 Å². The fourth-order valence-corrected chi connectivity index (χ4v) is 5.28. The van der Waals surface area contributed by atoms with E-state index in [-0.39, 0.29) is 16.5 Å². The van der Waals surface area contributed by atoms with E-state index in [4.69, 9.17) is 5.41 Å². The first-order valence-corrected chi connectivity index (χ1v) is 12.7. The number of hydrogen-bond acceptors (Lipinski definition) is 4. The molecule has 11 heteroatoms. The third-order valence-electron chi connectivity index (χ3n) is 6.20. The van der Waals surface area contributed by atoms with Gasteiger partial charge in [0.25, 0.3) is 0 Å². The van der Waals surface area contributed by atoms with E-state index in [1.165, 1.54) is 68.4 Å². The third kappa shape index (κ3) is 4.54. The molecule has 6 nitrogen and oxygen atoms in total. The van der Waals surface area contributed by atoms with Crippen LogP contribution in [0.4, 0.5) is 28.9 Å². The zero-order valence-corrected chi connectivity index (χ0v) is 20.6. The van der Waals surface area contributed by atoms with Crippen LogP contribution < -0.4 is 5.32 Å². The van der Waals surface area contributed by atoms with Crippen LogP contribution in [-0.2, 0) is 15.6 Å². The summed E-state index contributed by atoms with van der Waals surface area (Å²) in [6.07, 6.45) is -3.58. The molecule has 1 heterocycles. The zero-order valence-electron chi connectivity index (χ0n) is 19.8. The van der Waals surface area contributed by atoms with Crippen LogP contribution in [-0.4, -0.2) is 35.1 Å². The first kappa shape index (κ1) is 26.5. The highest BCUT2D eigenvalue weighted by atomic mass is 32.2. The summed E-state index contributed by atoms with van der Waals surface area (Å²) in [5.41, 5.74) is -3.81. The summed E-state index contributed by atoms with van der Waals surface area (Å²) >= 11 is 0. The lowest BCUT2D eigenvalue weighted by molar-refractivity contribution is -0.478. The topological polar surface area (TPSA) is 99.8 Å². The molecule has 1 atom stereocenters. The highest BCUT2D eigenvalue weighted by Crippen LogP contribution is 2.47. The number of nitrogens with one attached hydrogen (secondary N) is 1. The zero-order chi connectivity index (χ0) is 27.2. The summed E-state index contributed by atoms with van der Waals surface area (Å²) in [6.45, 7) is 2.82. The van der Waals surface area contributed by atoms with Crippen LogP contribution in [0, 0.1) is 11.2 Å². The minimum Gasteiger partial charge on any atom is -0.372 e. The molecule has 0 aliphatic heterocycles. The number of fused-ring (bicyclic) bond motifs is 1. The van der Waals surface area contributed by atoms with Crippen molar-refractivity contribution in [2.45, 2.75) is 30.9 Å². The van der Waals surface area contributed by atoms with Crippen molar-refractivity contribution < 1.29 is 36.4 Å². The molecule has 0 saturated carbocycles. The average Bonchev–Trinajstić information content (AvgIpc) is 3.25. The molecule has 0 amide bonds. The second-order valence-electron chi connectivity index (χ2n) is 8.84. The van der Waals surface area contributed by atoms with Crippen molar-refractivity contribution >= 4 is 38.5 Å². The highest BCUT2D eigenvalue weighted by molar-refractivity contribution is 7.90. The second-order valence-corrected chi connectivity index (χ2v) is 11.2. The van der Waals surface area contributed by atoms with Gasteiger partial charge in [0.1, 0.15) is 17.2 Å². The quantitative estimate of drug-likeness (QED) is 0.182. The SMILES string of the molecule is CC(C)S(=O)(=O)n1cc(C(O)(c2ccc([NH2+]c3ccc(F)cc3)c(C=N)c2)C(F)(F)F)c2ccccc21. The van der Waals surface area contributed by atoms with Gasteiger partial charge in [0, 0.05) is 41.6 Å². The molecule has 0 aliphatic carbocycles. The van der Waals surface area contributed by atoms with E-state index in [1.54, 1.807) is 5.32 Å². The van der Waals surface area contributed by atoms with E-state index >= 15 is 0 Å². The van der Waals surface area contributed by atoms with Gasteiger partial charge in [0.2, 0.25) is 15.6 Å².